The Morgan fingerprint density at radius 3 is 2.84 bits per heavy atom. The van der Waals surface area contributed by atoms with Gasteiger partial charge in [0.1, 0.15) is 5.82 Å². The van der Waals surface area contributed by atoms with E-state index >= 15 is 0 Å². The first-order valence-corrected chi connectivity index (χ1v) is 6.92. The van der Waals surface area contributed by atoms with Crippen LogP contribution in [0.3, 0.4) is 0 Å². The summed E-state index contributed by atoms with van der Waals surface area (Å²) in [5.41, 5.74) is 5.96. The summed E-state index contributed by atoms with van der Waals surface area (Å²) in [6.45, 7) is 0.386. The van der Waals surface area contributed by atoms with Gasteiger partial charge in [-0.15, -0.1) is 0 Å². The molecule has 2 rings (SSSR count). The zero-order valence-electron chi connectivity index (χ0n) is 10.7. The van der Waals surface area contributed by atoms with E-state index in [1.807, 2.05) is 0 Å². The summed E-state index contributed by atoms with van der Waals surface area (Å²) in [5, 5.41) is 3.63. The Hall–Kier alpha value is -1.13. The average molecular weight is 285 g/mol. The number of primary amides is 1. The summed E-state index contributed by atoms with van der Waals surface area (Å²) in [6, 6.07) is 4.66. The third-order valence-corrected chi connectivity index (χ3v) is 3.94. The van der Waals surface area contributed by atoms with Crippen LogP contribution in [0.15, 0.2) is 18.2 Å². The predicted molar refractivity (Wildman–Crippen MR) is 73.2 cm³/mol. The first kappa shape index (κ1) is 14.3. The van der Waals surface area contributed by atoms with Gasteiger partial charge in [0.25, 0.3) is 0 Å². The Kier molecular flexibility index (Phi) is 4.77. The number of carbonyl (C=O) groups excluding carboxylic acids is 1. The van der Waals surface area contributed by atoms with Gasteiger partial charge in [0.2, 0.25) is 5.91 Å². The first-order chi connectivity index (χ1) is 9.08. The molecule has 0 bridgehead atoms. The highest BCUT2D eigenvalue weighted by atomic mass is 35.5. The number of halogens is 2. The number of nitrogens with one attached hydrogen (secondary N) is 1. The van der Waals surface area contributed by atoms with Crippen LogP contribution < -0.4 is 11.1 Å². The van der Waals surface area contributed by atoms with Gasteiger partial charge in [0.15, 0.2) is 0 Å². The normalized spacial score (nSPS) is 23.3. The second-order valence-electron chi connectivity index (χ2n) is 5.02. The van der Waals surface area contributed by atoms with Crippen molar-refractivity contribution in [3.05, 3.63) is 34.6 Å². The standard InChI is InChI=1S/C14H18ClFN2O/c15-10-6-5-9(12(16)7-10)8-18-13-4-2-1-3-11(13)14(17)19/h5-7,11,13,18H,1-4,8H2,(H2,17,19)/t11-,13+/m0/s1. The van der Waals surface area contributed by atoms with E-state index in [2.05, 4.69) is 5.32 Å². The number of nitrogens with two attached hydrogens (primary N) is 1. The molecule has 1 saturated carbocycles. The molecule has 3 nitrogen and oxygen atoms in total. The molecule has 1 fully saturated rings. The van der Waals surface area contributed by atoms with Gasteiger partial charge in [-0.05, 0) is 25.0 Å². The molecular formula is C14H18ClFN2O. The lowest BCUT2D eigenvalue weighted by molar-refractivity contribution is -0.123. The van der Waals surface area contributed by atoms with Crippen molar-refractivity contribution in [3.8, 4) is 0 Å². The van der Waals surface area contributed by atoms with Crippen molar-refractivity contribution in [1.82, 2.24) is 5.32 Å². The molecule has 1 aliphatic rings. The summed E-state index contributed by atoms with van der Waals surface area (Å²) < 4.78 is 13.6. The fraction of sp³-hybridized carbons (Fsp3) is 0.500. The van der Waals surface area contributed by atoms with Crippen LogP contribution in [-0.4, -0.2) is 11.9 Å². The largest absolute Gasteiger partial charge is 0.369 e. The fourth-order valence-electron chi connectivity index (χ4n) is 2.62. The third-order valence-electron chi connectivity index (χ3n) is 3.70. The van der Waals surface area contributed by atoms with Crippen molar-refractivity contribution >= 4 is 17.5 Å². The topological polar surface area (TPSA) is 55.1 Å². The zero-order valence-corrected chi connectivity index (χ0v) is 11.4. The van der Waals surface area contributed by atoms with Crippen LogP contribution in [0.2, 0.25) is 5.02 Å². The summed E-state index contributed by atoms with van der Waals surface area (Å²) in [4.78, 5) is 11.4. The van der Waals surface area contributed by atoms with Crippen LogP contribution in [-0.2, 0) is 11.3 Å². The molecule has 19 heavy (non-hydrogen) atoms. The number of amides is 1. The smallest absolute Gasteiger partial charge is 0.222 e. The number of benzene rings is 1. The SMILES string of the molecule is NC(=O)[C@H]1CCCC[C@H]1NCc1ccc(Cl)cc1F. The van der Waals surface area contributed by atoms with Gasteiger partial charge in [-0.2, -0.15) is 0 Å². The monoisotopic (exact) mass is 284 g/mol. The third kappa shape index (κ3) is 3.67. The molecule has 1 aromatic rings. The Morgan fingerprint density at radius 2 is 2.16 bits per heavy atom. The van der Waals surface area contributed by atoms with Gasteiger partial charge in [-0.1, -0.05) is 30.5 Å². The maximum atomic E-state index is 13.6. The van der Waals surface area contributed by atoms with Crippen LogP contribution in [0, 0.1) is 11.7 Å². The summed E-state index contributed by atoms with van der Waals surface area (Å²) in [6.07, 6.45) is 3.82. The maximum absolute atomic E-state index is 13.6. The second-order valence-corrected chi connectivity index (χ2v) is 5.45. The maximum Gasteiger partial charge on any atom is 0.222 e. The summed E-state index contributed by atoms with van der Waals surface area (Å²) in [5.74, 6) is -0.746. The number of rotatable bonds is 4. The molecule has 104 valence electrons. The van der Waals surface area contributed by atoms with Crippen molar-refractivity contribution in [2.24, 2.45) is 11.7 Å². The Balaban J connectivity index is 1.98. The van der Waals surface area contributed by atoms with E-state index in [9.17, 15) is 9.18 Å². The fourth-order valence-corrected chi connectivity index (χ4v) is 2.78. The van der Waals surface area contributed by atoms with E-state index in [1.54, 1.807) is 12.1 Å². The van der Waals surface area contributed by atoms with E-state index in [1.165, 1.54) is 6.07 Å². The molecule has 0 spiro atoms. The van der Waals surface area contributed by atoms with Crippen molar-refractivity contribution in [2.45, 2.75) is 38.3 Å². The van der Waals surface area contributed by atoms with E-state index in [0.717, 1.165) is 25.7 Å². The van der Waals surface area contributed by atoms with Crippen molar-refractivity contribution in [3.63, 3.8) is 0 Å². The van der Waals surface area contributed by atoms with Crippen molar-refractivity contribution in [2.75, 3.05) is 0 Å². The van der Waals surface area contributed by atoms with Gasteiger partial charge in [0.05, 0.1) is 5.92 Å². The minimum absolute atomic E-state index is 0.0429. The zero-order chi connectivity index (χ0) is 13.8. The summed E-state index contributed by atoms with van der Waals surface area (Å²) in [7, 11) is 0. The quantitative estimate of drug-likeness (QED) is 0.893. The molecule has 0 aromatic heterocycles. The first-order valence-electron chi connectivity index (χ1n) is 6.54. The average Bonchev–Trinajstić information content (AvgIpc) is 2.38. The van der Waals surface area contributed by atoms with Gasteiger partial charge in [-0.3, -0.25) is 4.79 Å². The van der Waals surface area contributed by atoms with Crippen molar-refractivity contribution < 1.29 is 9.18 Å². The lowest BCUT2D eigenvalue weighted by Gasteiger charge is -2.30. The number of hydrogen-bond acceptors (Lipinski definition) is 2. The molecule has 1 aromatic carbocycles. The highest BCUT2D eigenvalue weighted by molar-refractivity contribution is 6.30. The molecule has 0 unspecified atom stereocenters. The van der Waals surface area contributed by atoms with Crippen LogP contribution >= 0.6 is 11.6 Å². The molecule has 0 saturated heterocycles. The lowest BCUT2D eigenvalue weighted by atomic mass is 9.84. The number of hydrogen-bond donors (Lipinski definition) is 2. The highest BCUT2D eigenvalue weighted by Gasteiger charge is 2.28. The number of carbonyl (C=O) groups is 1. The molecule has 0 radical (unpaired) electrons. The Morgan fingerprint density at radius 1 is 1.42 bits per heavy atom. The Labute approximate surface area is 117 Å². The van der Waals surface area contributed by atoms with E-state index < -0.39 is 0 Å². The van der Waals surface area contributed by atoms with Crippen LogP contribution in [0.25, 0.3) is 0 Å². The molecule has 3 N–H and O–H groups in total. The highest BCUT2D eigenvalue weighted by Crippen LogP contribution is 2.24. The minimum Gasteiger partial charge on any atom is -0.369 e. The van der Waals surface area contributed by atoms with Crippen molar-refractivity contribution in [1.29, 1.82) is 0 Å². The lowest BCUT2D eigenvalue weighted by Crippen LogP contribution is -2.44. The molecular weight excluding hydrogens is 267 g/mol. The predicted octanol–water partition coefficient (Wildman–Crippen LogP) is 2.61. The van der Waals surface area contributed by atoms with Gasteiger partial charge < -0.3 is 11.1 Å². The Bertz CT molecular complexity index is 467. The van der Waals surface area contributed by atoms with Gasteiger partial charge in [0, 0.05) is 23.2 Å². The minimum atomic E-state index is -0.327. The van der Waals surface area contributed by atoms with Crippen LogP contribution in [0.5, 0.6) is 0 Å². The molecule has 1 aliphatic carbocycles. The van der Waals surface area contributed by atoms with E-state index in [0.29, 0.717) is 17.1 Å². The van der Waals surface area contributed by atoms with Gasteiger partial charge >= 0.3 is 0 Å². The molecule has 2 atom stereocenters. The van der Waals surface area contributed by atoms with Crippen LogP contribution in [0.4, 0.5) is 4.39 Å². The van der Waals surface area contributed by atoms with Crippen LogP contribution in [0.1, 0.15) is 31.2 Å². The van der Waals surface area contributed by atoms with E-state index in [-0.39, 0.29) is 23.7 Å². The van der Waals surface area contributed by atoms with E-state index in [4.69, 9.17) is 17.3 Å². The molecule has 1 amide bonds. The molecule has 0 aliphatic heterocycles. The molecule has 5 heteroatoms. The summed E-state index contributed by atoms with van der Waals surface area (Å²) >= 11 is 5.71. The molecule has 0 heterocycles. The van der Waals surface area contributed by atoms with Gasteiger partial charge in [-0.25, -0.2) is 4.39 Å². The second kappa shape index (κ2) is 6.35.